The number of carbonyl (C=O) groups excluding carboxylic acids is 1. The van der Waals surface area contributed by atoms with Crippen molar-refractivity contribution in [3.63, 3.8) is 0 Å². The summed E-state index contributed by atoms with van der Waals surface area (Å²) in [5.41, 5.74) is 1.62. The number of anilines is 1. The molecule has 0 saturated carbocycles. The molecule has 152 valence electrons. The molecule has 1 amide bonds. The van der Waals surface area contributed by atoms with E-state index in [9.17, 15) is 9.18 Å². The van der Waals surface area contributed by atoms with Gasteiger partial charge >= 0.3 is 0 Å². The van der Waals surface area contributed by atoms with Crippen LogP contribution in [-0.2, 0) is 4.79 Å². The Morgan fingerprint density at radius 1 is 1.14 bits per heavy atom. The molecule has 1 aromatic heterocycles. The number of hydrogen-bond donors (Lipinski definition) is 0. The number of para-hydroxylation sites is 2. The van der Waals surface area contributed by atoms with Gasteiger partial charge in [-0.15, -0.1) is 11.3 Å². The third kappa shape index (κ3) is 4.26. The Kier molecular flexibility index (Phi) is 5.78. The average molecular weight is 413 g/mol. The molecule has 0 aliphatic carbocycles. The predicted molar refractivity (Wildman–Crippen MR) is 116 cm³/mol. The van der Waals surface area contributed by atoms with Crippen LogP contribution >= 0.6 is 11.3 Å². The summed E-state index contributed by atoms with van der Waals surface area (Å²) < 4.78 is 15.2. The SMILES string of the molecule is C[C@@H](c1nc2ccccc2s1)N(C)CC(=O)N1CCN(c2ccccc2F)CC1. The van der Waals surface area contributed by atoms with E-state index in [1.807, 2.05) is 46.0 Å². The fraction of sp³-hybridized carbons (Fsp3) is 0.364. The lowest BCUT2D eigenvalue weighted by Crippen LogP contribution is -2.51. The Balaban J connectivity index is 1.34. The zero-order valence-electron chi connectivity index (χ0n) is 16.7. The van der Waals surface area contributed by atoms with Crippen LogP contribution in [0.5, 0.6) is 0 Å². The third-order valence-electron chi connectivity index (χ3n) is 5.54. The maximum atomic E-state index is 14.0. The number of aromatic nitrogens is 1. The molecule has 1 saturated heterocycles. The van der Waals surface area contributed by atoms with E-state index in [1.165, 1.54) is 10.8 Å². The van der Waals surface area contributed by atoms with Gasteiger partial charge in [0.25, 0.3) is 0 Å². The second-order valence-electron chi connectivity index (χ2n) is 7.43. The highest BCUT2D eigenvalue weighted by Crippen LogP contribution is 2.28. The minimum Gasteiger partial charge on any atom is -0.366 e. The summed E-state index contributed by atoms with van der Waals surface area (Å²) in [4.78, 5) is 23.4. The van der Waals surface area contributed by atoms with Gasteiger partial charge in [-0.1, -0.05) is 24.3 Å². The van der Waals surface area contributed by atoms with Gasteiger partial charge in [-0.2, -0.15) is 0 Å². The number of carbonyl (C=O) groups is 1. The summed E-state index contributed by atoms with van der Waals surface area (Å²) in [5, 5.41) is 1.02. The molecule has 4 rings (SSSR count). The lowest BCUT2D eigenvalue weighted by atomic mass is 10.2. The average Bonchev–Trinajstić information content (AvgIpc) is 3.18. The first-order valence-corrected chi connectivity index (χ1v) is 10.7. The number of halogens is 1. The maximum absolute atomic E-state index is 14.0. The second-order valence-corrected chi connectivity index (χ2v) is 8.49. The van der Waals surface area contributed by atoms with Crippen molar-refractivity contribution in [1.82, 2.24) is 14.8 Å². The van der Waals surface area contributed by atoms with E-state index in [2.05, 4.69) is 13.0 Å². The van der Waals surface area contributed by atoms with Crippen molar-refractivity contribution in [2.45, 2.75) is 13.0 Å². The van der Waals surface area contributed by atoms with Gasteiger partial charge in [0.1, 0.15) is 10.8 Å². The van der Waals surface area contributed by atoms with Crippen molar-refractivity contribution in [3.05, 3.63) is 59.4 Å². The first-order chi connectivity index (χ1) is 14.0. The summed E-state index contributed by atoms with van der Waals surface area (Å²) in [6.45, 7) is 4.93. The Morgan fingerprint density at radius 2 is 1.83 bits per heavy atom. The van der Waals surface area contributed by atoms with Gasteiger partial charge in [-0.3, -0.25) is 9.69 Å². The summed E-state index contributed by atoms with van der Waals surface area (Å²) in [6.07, 6.45) is 0. The number of rotatable bonds is 5. The van der Waals surface area contributed by atoms with Gasteiger partial charge in [-0.05, 0) is 38.2 Å². The Labute approximate surface area is 174 Å². The highest BCUT2D eigenvalue weighted by atomic mass is 32.1. The van der Waals surface area contributed by atoms with Crippen molar-refractivity contribution in [3.8, 4) is 0 Å². The second kappa shape index (κ2) is 8.47. The molecule has 0 N–H and O–H groups in total. The lowest BCUT2D eigenvalue weighted by molar-refractivity contribution is -0.132. The summed E-state index contributed by atoms with van der Waals surface area (Å²) in [6, 6.07) is 15.0. The Hall–Kier alpha value is -2.51. The molecule has 0 bridgehead atoms. The molecular weight excluding hydrogens is 387 g/mol. The first kappa shape index (κ1) is 19.8. The van der Waals surface area contributed by atoms with E-state index in [0.29, 0.717) is 38.4 Å². The van der Waals surface area contributed by atoms with Crippen LogP contribution in [0, 0.1) is 5.82 Å². The van der Waals surface area contributed by atoms with Crippen LogP contribution in [0.2, 0.25) is 0 Å². The molecule has 3 aromatic rings. The van der Waals surface area contributed by atoms with Gasteiger partial charge in [-0.25, -0.2) is 9.37 Å². The fourth-order valence-electron chi connectivity index (χ4n) is 3.61. The monoisotopic (exact) mass is 412 g/mol. The van der Waals surface area contributed by atoms with Gasteiger partial charge in [0.05, 0.1) is 28.5 Å². The third-order valence-corrected chi connectivity index (χ3v) is 6.75. The van der Waals surface area contributed by atoms with E-state index in [-0.39, 0.29) is 17.8 Å². The number of hydrogen-bond acceptors (Lipinski definition) is 5. The summed E-state index contributed by atoms with van der Waals surface area (Å²) >= 11 is 1.68. The number of benzene rings is 2. The van der Waals surface area contributed by atoms with Crippen molar-refractivity contribution in [2.24, 2.45) is 0 Å². The van der Waals surface area contributed by atoms with E-state index in [1.54, 1.807) is 23.5 Å². The van der Waals surface area contributed by atoms with Gasteiger partial charge in [0.15, 0.2) is 0 Å². The van der Waals surface area contributed by atoms with Gasteiger partial charge in [0.2, 0.25) is 5.91 Å². The normalized spacial score (nSPS) is 15.9. The quantitative estimate of drug-likeness (QED) is 0.640. The van der Waals surface area contributed by atoms with Crippen LogP contribution in [-0.4, -0.2) is 60.5 Å². The van der Waals surface area contributed by atoms with E-state index in [0.717, 1.165) is 10.5 Å². The Morgan fingerprint density at radius 3 is 2.55 bits per heavy atom. The molecule has 5 nitrogen and oxygen atoms in total. The number of nitrogens with zero attached hydrogens (tertiary/aromatic N) is 4. The zero-order chi connectivity index (χ0) is 20.4. The van der Waals surface area contributed by atoms with Crippen molar-refractivity contribution < 1.29 is 9.18 Å². The fourth-order valence-corrected chi connectivity index (χ4v) is 4.70. The first-order valence-electron chi connectivity index (χ1n) is 9.86. The predicted octanol–water partition coefficient (Wildman–Crippen LogP) is 3.78. The van der Waals surface area contributed by atoms with Crippen molar-refractivity contribution in [1.29, 1.82) is 0 Å². The minimum absolute atomic E-state index is 0.0658. The highest BCUT2D eigenvalue weighted by molar-refractivity contribution is 7.18. The number of amides is 1. The molecule has 2 aromatic carbocycles. The molecule has 2 heterocycles. The molecule has 0 radical (unpaired) electrons. The molecule has 1 atom stereocenters. The summed E-state index contributed by atoms with van der Waals surface area (Å²) in [7, 11) is 1.96. The van der Waals surface area contributed by atoms with Crippen LogP contribution in [0.25, 0.3) is 10.2 Å². The van der Waals surface area contributed by atoms with Crippen molar-refractivity contribution >= 4 is 33.1 Å². The lowest BCUT2D eigenvalue weighted by Gasteiger charge is -2.37. The van der Waals surface area contributed by atoms with Crippen LogP contribution in [0.4, 0.5) is 10.1 Å². The van der Waals surface area contributed by atoms with Crippen molar-refractivity contribution in [2.75, 3.05) is 44.7 Å². The van der Waals surface area contributed by atoms with Crippen LogP contribution in [0.1, 0.15) is 18.0 Å². The number of likely N-dealkylation sites (N-methyl/N-ethyl adjacent to an activating group) is 1. The summed E-state index contributed by atoms with van der Waals surface area (Å²) in [5.74, 6) is -0.106. The van der Waals surface area contributed by atoms with Gasteiger partial charge < -0.3 is 9.80 Å². The van der Waals surface area contributed by atoms with Crippen LogP contribution in [0.15, 0.2) is 48.5 Å². The zero-order valence-corrected chi connectivity index (χ0v) is 17.5. The number of thiazole rings is 1. The smallest absolute Gasteiger partial charge is 0.236 e. The molecular formula is C22H25FN4OS. The molecule has 1 fully saturated rings. The topological polar surface area (TPSA) is 39.7 Å². The van der Waals surface area contributed by atoms with Crippen LogP contribution < -0.4 is 4.90 Å². The van der Waals surface area contributed by atoms with Gasteiger partial charge in [0, 0.05) is 26.2 Å². The molecule has 0 spiro atoms. The Bertz CT molecular complexity index is 966. The minimum atomic E-state index is -0.211. The van der Waals surface area contributed by atoms with E-state index >= 15 is 0 Å². The number of fused-ring (bicyclic) bond motifs is 1. The van der Waals surface area contributed by atoms with E-state index < -0.39 is 0 Å². The van der Waals surface area contributed by atoms with E-state index in [4.69, 9.17) is 4.98 Å². The maximum Gasteiger partial charge on any atom is 0.236 e. The molecule has 1 aliphatic heterocycles. The molecule has 7 heteroatoms. The highest BCUT2D eigenvalue weighted by Gasteiger charge is 2.25. The number of piperazine rings is 1. The van der Waals surface area contributed by atoms with Crippen LogP contribution in [0.3, 0.4) is 0 Å². The molecule has 29 heavy (non-hydrogen) atoms. The molecule has 1 aliphatic rings. The standard InChI is InChI=1S/C22H25FN4OS/c1-16(22-24-18-8-4-6-10-20(18)29-22)25(2)15-21(28)27-13-11-26(12-14-27)19-9-5-3-7-17(19)23/h3-10,16H,11-15H2,1-2H3/t16-/m0/s1. The largest absolute Gasteiger partial charge is 0.366 e. The molecule has 0 unspecified atom stereocenters.